The Labute approximate surface area is 171 Å². The minimum absolute atomic E-state index is 0.0905. The Morgan fingerprint density at radius 2 is 1.90 bits per heavy atom. The number of aromatic nitrogens is 1. The van der Waals surface area contributed by atoms with Crippen LogP contribution in [0.1, 0.15) is 36.7 Å². The van der Waals surface area contributed by atoms with Crippen molar-refractivity contribution in [1.82, 2.24) is 4.98 Å². The van der Waals surface area contributed by atoms with Crippen molar-refractivity contribution in [2.24, 2.45) is 0 Å². The second-order valence-electron chi connectivity index (χ2n) is 6.56. The first-order chi connectivity index (χ1) is 13.7. The summed E-state index contributed by atoms with van der Waals surface area (Å²) in [6.45, 7) is 3.41. The van der Waals surface area contributed by atoms with Gasteiger partial charge in [-0.25, -0.2) is 26.6 Å². The first kappa shape index (κ1) is 21.3. The Morgan fingerprint density at radius 1 is 1.14 bits per heavy atom. The molecule has 1 aromatic heterocycles. The molecule has 0 amide bonds. The van der Waals surface area contributed by atoms with Crippen LogP contribution in [0.4, 0.5) is 18.9 Å². The van der Waals surface area contributed by atoms with Crippen LogP contribution >= 0.6 is 11.3 Å². The van der Waals surface area contributed by atoms with Crippen LogP contribution in [0.25, 0.3) is 0 Å². The van der Waals surface area contributed by atoms with E-state index in [0.29, 0.717) is 23.4 Å². The number of rotatable bonds is 7. The predicted molar refractivity (Wildman–Crippen MR) is 107 cm³/mol. The zero-order valence-corrected chi connectivity index (χ0v) is 17.4. The standard InChI is InChI=1S/C20H19F3N2O2S2/c1-3-13-6-20(29(26,27)10-15-9-28-11-24-15)18(23)8-19(13)25-12(2)16-7-14(21)4-5-17(16)22/h4-9,11-12,25H,3,10H2,1-2H3/t12-/m0/s1. The van der Waals surface area contributed by atoms with E-state index in [4.69, 9.17) is 0 Å². The van der Waals surface area contributed by atoms with Gasteiger partial charge in [0, 0.05) is 16.6 Å². The molecule has 0 bridgehead atoms. The van der Waals surface area contributed by atoms with Gasteiger partial charge in [0.2, 0.25) is 0 Å². The third-order valence-corrected chi connectivity index (χ3v) is 6.79. The monoisotopic (exact) mass is 440 g/mol. The molecule has 1 heterocycles. The molecule has 1 atom stereocenters. The molecule has 0 aliphatic heterocycles. The Kier molecular flexibility index (Phi) is 6.28. The second-order valence-corrected chi connectivity index (χ2v) is 9.24. The van der Waals surface area contributed by atoms with Crippen LogP contribution < -0.4 is 5.32 Å². The van der Waals surface area contributed by atoms with Crippen molar-refractivity contribution in [3.63, 3.8) is 0 Å². The van der Waals surface area contributed by atoms with Gasteiger partial charge < -0.3 is 5.32 Å². The zero-order valence-electron chi connectivity index (χ0n) is 15.7. The molecule has 0 aliphatic carbocycles. The molecule has 9 heteroatoms. The fourth-order valence-corrected chi connectivity index (χ4v) is 5.04. The van der Waals surface area contributed by atoms with E-state index in [0.717, 1.165) is 24.3 Å². The summed E-state index contributed by atoms with van der Waals surface area (Å²) in [4.78, 5) is 3.54. The number of nitrogens with zero attached hydrogens (tertiary/aromatic N) is 1. The SMILES string of the molecule is CCc1cc(S(=O)(=O)Cc2cscn2)c(F)cc1N[C@@H](C)c1cc(F)ccc1F. The van der Waals surface area contributed by atoms with Crippen LogP contribution in [0.3, 0.4) is 0 Å². The van der Waals surface area contributed by atoms with Crippen molar-refractivity contribution >= 4 is 26.9 Å². The summed E-state index contributed by atoms with van der Waals surface area (Å²) in [6.07, 6.45) is 0.417. The molecule has 0 unspecified atom stereocenters. The quantitative estimate of drug-likeness (QED) is 0.544. The van der Waals surface area contributed by atoms with E-state index in [1.54, 1.807) is 19.2 Å². The third-order valence-electron chi connectivity index (χ3n) is 4.49. The van der Waals surface area contributed by atoms with Crippen molar-refractivity contribution < 1.29 is 21.6 Å². The number of anilines is 1. The molecule has 4 nitrogen and oxygen atoms in total. The van der Waals surface area contributed by atoms with Gasteiger partial charge in [0.1, 0.15) is 22.3 Å². The van der Waals surface area contributed by atoms with Gasteiger partial charge in [-0.3, -0.25) is 0 Å². The van der Waals surface area contributed by atoms with Crippen LogP contribution in [-0.4, -0.2) is 13.4 Å². The Morgan fingerprint density at radius 3 is 2.55 bits per heavy atom. The minimum Gasteiger partial charge on any atom is -0.378 e. The van der Waals surface area contributed by atoms with Crippen LogP contribution in [0.2, 0.25) is 0 Å². The molecule has 0 saturated carbocycles. The number of sulfone groups is 1. The molecule has 0 saturated heterocycles. The summed E-state index contributed by atoms with van der Waals surface area (Å²) in [7, 11) is -3.92. The number of halogens is 3. The lowest BCUT2D eigenvalue weighted by Crippen LogP contribution is -2.13. The number of thiazole rings is 1. The molecule has 3 rings (SSSR count). The van der Waals surface area contributed by atoms with Crippen molar-refractivity contribution in [3.05, 3.63) is 75.5 Å². The number of benzene rings is 2. The predicted octanol–water partition coefficient (Wildman–Crippen LogP) is 5.27. The first-order valence-corrected chi connectivity index (χ1v) is 11.4. The maximum Gasteiger partial charge on any atom is 0.187 e. The topological polar surface area (TPSA) is 59.1 Å². The average molecular weight is 441 g/mol. The van der Waals surface area contributed by atoms with Crippen molar-refractivity contribution in [3.8, 4) is 0 Å². The van der Waals surface area contributed by atoms with Gasteiger partial charge in [-0.2, -0.15) is 0 Å². The highest BCUT2D eigenvalue weighted by atomic mass is 32.2. The van der Waals surface area contributed by atoms with Crippen molar-refractivity contribution in [2.75, 3.05) is 5.32 Å². The largest absolute Gasteiger partial charge is 0.378 e. The molecule has 29 heavy (non-hydrogen) atoms. The molecule has 0 fully saturated rings. The fraction of sp³-hybridized carbons (Fsp3) is 0.250. The minimum atomic E-state index is -3.92. The Balaban J connectivity index is 1.93. The molecule has 0 aliphatic rings. The van der Waals surface area contributed by atoms with Crippen LogP contribution in [-0.2, 0) is 22.0 Å². The third kappa shape index (κ3) is 4.79. The fourth-order valence-electron chi connectivity index (χ4n) is 3.00. The van der Waals surface area contributed by atoms with E-state index >= 15 is 0 Å². The molecular formula is C20H19F3N2O2S2. The second kappa shape index (κ2) is 8.54. The van der Waals surface area contributed by atoms with E-state index < -0.39 is 44.0 Å². The van der Waals surface area contributed by atoms with Gasteiger partial charge in [-0.05, 0) is 49.2 Å². The highest BCUT2D eigenvalue weighted by Gasteiger charge is 2.23. The van der Waals surface area contributed by atoms with Crippen LogP contribution in [0, 0.1) is 17.5 Å². The van der Waals surface area contributed by atoms with E-state index in [9.17, 15) is 21.6 Å². The summed E-state index contributed by atoms with van der Waals surface area (Å²) in [5.41, 5.74) is 2.83. The maximum atomic E-state index is 14.7. The number of hydrogen-bond acceptors (Lipinski definition) is 5. The molecule has 1 N–H and O–H groups in total. The van der Waals surface area contributed by atoms with Gasteiger partial charge in [0.05, 0.1) is 23.0 Å². The van der Waals surface area contributed by atoms with Crippen molar-refractivity contribution in [1.29, 1.82) is 0 Å². The Hall–Kier alpha value is -2.39. The summed E-state index contributed by atoms with van der Waals surface area (Å²) >= 11 is 1.26. The molecule has 154 valence electrons. The molecular weight excluding hydrogens is 421 g/mol. The van der Waals surface area contributed by atoms with E-state index in [1.165, 1.54) is 22.9 Å². The highest BCUT2D eigenvalue weighted by molar-refractivity contribution is 7.90. The zero-order chi connectivity index (χ0) is 21.2. The number of nitrogens with one attached hydrogen (secondary N) is 1. The summed E-state index contributed by atoms with van der Waals surface area (Å²) < 4.78 is 67.5. The van der Waals surface area contributed by atoms with Crippen LogP contribution in [0.15, 0.2) is 46.1 Å². The number of hydrogen-bond donors (Lipinski definition) is 1. The lowest BCUT2D eigenvalue weighted by molar-refractivity contribution is 0.565. The van der Waals surface area contributed by atoms with E-state index in [1.807, 2.05) is 0 Å². The van der Waals surface area contributed by atoms with Crippen molar-refractivity contribution in [2.45, 2.75) is 37.0 Å². The van der Waals surface area contributed by atoms with Gasteiger partial charge >= 0.3 is 0 Å². The Bertz CT molecular complexity index is 1120. The molecule has 2 aromatic carbocycles. The molecule has 0 spiro atoms. The van der Waals surface area contributed by atoms with Gasteiger partial charge in [0.15, 0.2) is 9.84 Å². The molecule has 3 aromatic rings. The van der Waals surface area contributed by atoms with Gasteiger partial charge in [-0.1, -0.05) is 6.92 Å². The van der Waals surface area contributed by atoms with Crippen LogP contribution in [0.5, 0.6) is 0 Å². The normalized spacial score (nSPS) is 12.7. The van der Waals surface area contributed by atoms with E-state index in [2.05, 4.69) is 10.3 Å². The average Bonchev–Trinajstić information content (AvgIpc) is 3.15. The number of aryl methyl sites for hydroxylation is 1. The van der Waals surface area contributed by atoms with Gasteiger partial charge in [-0.15, -0.1) is 11.3 Å². The summed E-state index contributed by atoms with van der Waals surface area (Å²) in [5, 5.41) is 4.56. The van der Waals surface area contributed by atoms with E-state index in [-0.39, 0.29) is 5.56 Å². The summed E-state index contributed by atoms with van der Waals surface area (Å²) in [6, 6.07) is 4.83. The maximum absolute atomic E-state index is 14.7. The highest BCUT2D eigenvalue weighted by Crippen LogP contribution is 2.30. The molecule has 0 radical (unpaired) electrons. The smallest absolute Gasteiger partial charge is 0.187 e. The van der Waals surface area contributed by atoms with Gasteiger partial charge in [0.25, 0.3) is 0 Å². The first-order valence-electron chi connectivity index (χ1n) is 8.85. The lowest BCUT2D eigenvalue weighted by Gasteiger charge is -2.20. The lowest BCUT2D eigenvalue weighted by atomic mass is 10.1. The summed E-state index contributed by atoms with van der Waals surface area (Å²) in [5.74, 6) is -2.48.